The van der Waals surface area contributed by atoms with Crippen molar-refractivity contribution in [3.8, 4) is 0 Å². The predicted octanol–water partition coefficient (Wildman–Crippen LogP) is 2.89. The van der Waals surface area contributed by atoms with Crippen LogP contribution < -0.4 is 5.73 Å². The van der Waals surface area contributed by atoms with Crippen LogP contribution >= 0.6 is 15.9 Å². The van der Waals surface area contributed by atoms with Crippen molar-refractivity contribution in [3.05, 3.63) is 34.4 Å². The molecule has 1 heterocycles. The lowest BCUT2D eigenvalue weighted by Crippen LogP contribution is -1.91. The summed E-state index contributed by atoms with van der Waals surface area (Å²) in [7, 11) is 0. The molecule has 2 aromatic rings. The van der Waals surface area contributed by atoms with Gasteiger partial charge in [0.15, 0.2) is 0 Å². The molecule has 1 aromatic heterocycles. The van der Waals surface area contributed by atoms with Crippen LogP contribution in [-0.4, -0.2) is 4.98 Å². The van der Waals surface area contributed by atoms with E-state index in [1.54, 1.807) is 6.20 Å². The van der Waals surface area contributed by atoms with Crippen molar-refractivity contribution < 1.29 is 0 Å². The zero-order chi connectivity index (χ0) is 9.42. The Morgan fingerprint density at radius 3 is 2.85 bits per heavy atom. The lowest BCUT2D eigenvalue weighted by atomic mass is 10.1. The highest BCUT2D eigenvalue weighted by Crippen LogP contribution is 2.26. The van der Waals surface area contributed by atoms with E-state index in [0.29, 0.717) is 5.82 Å². The minimum atomic E-state index is 0.585. The third kappa shape index (κ3) is 1.40. The zero-order valence-electron chi connectivity index (χ0n) is 7.21. The second kappa shape index (κ2) is 3.00. The third-order valence-corrected chi connectivity index (χ3v) is 2.54. The van der Waals surface area contributed by atoms with Crippen LogP contribution in [0.25, 0.3) is 10.8 Å². The maximum Gasteiger partial charge on any atom is 0.131 e. The van der Waals surface area contributed by atoms with Crippen molar-refractivity contribution in [2.45, 2.75) is 6.92 Å². The fraction of sp³-hybridized carbons (Fsp3) is 0.100. The van der Waals surface area contributed by atoms with E-state index in [9.17, 15) is 0 Å². The number of nitrogen functional groups attached to an aromatic ring is 1. The number of nitrogens with two attached hydrogens (primary N) is 1. The van der Waals surface area contributed by atoms with Gasteiger partial charge in [0.25, 0.3) is 0 Å². The van der Waals surface area contributed by atoms with Crippen LogP contribution in [0.2, 0.25) is 0 Å². The molecule has 0 fully saturated rings. The number of anilines is 1. The van der Waals surface area contributed by atoms with Crippen molar-refractivity contribution in [1.29, 1.82) is 0 Å². The van der Waals surface area contributed by atoms with E-state index in [1.165, 1.54) is 5.56 Å². The van der Waals surface area contributed by atoms with Crippen molar-refractivity contribution in [3.63, 3.8) is 0 Å². The number of halogens is 1. The van der Waals surface area contributed by atoms with Crippen molar-refractivity contribution in [2.75, 3.05) is 5.73 Å². The number of nitrogens with zero attached hydrogens (tertiary/aromatic N) is 1. The van der Waals surface area contributed by atoms with Gasteiger partial charge in [-0.2, -0.15) is 0 Å². The molecule has 0 bridgehead atoms. The number of fused-ring (bicyclic) bond motifs is 1. The highest BCUT2D eigenvalue weighted by Gasteiger charge is 2.02. The molecule has 0 atom stereocenters. The maximum atomic E-state index is 5.76. The molecule has 0 aliphatic heterocycles. The van der Waals surface area contributed by atoms with Crippen LogP contribution in [0.1, 0.15) is 5.56 Å². The van der Waals surface area contributed by atoms with Crippen molar-refractivity contribution in [1.82, 2.24) is 4.98 Å². The summed E-state index contributed by atoms with van der Waals surface area (Å²) in [4.78, 5) is 4.05. The second-order valence-corrected chi connectivity index (χ2v) is 3.93. The quantitative estimate of drug-likeness (QED) is 0.765. The summed E-state index contributed by atoms with van der Waals surface area (Å²) in [6.45, 7) is 2.06. The lowest BCUT2D eigenvalue weighted by Gasteiger charge is -2.04. The molecule has 2 nitrogen and oxygen atoms in total. The van der Waals surface area contributed by atoms with Gasteiger partial charge < -0.3 is 5.73 Å². The predicted molar refractivity (Wildman–Crippen MR) is 58.6 cm³/mol. The minimum absolute atomic E-state index is 0.585. The van der Waals surface area contributed by atoms with Crippen LogP contribution in [0.3, 0.4) is 0 Å². The Morgan fingerprint density at radius 2 is 2.08 bits per heavy atom. The van der Waals surface area contributed by atoms with Gasteiger partial charge in [-0.3, -0.25) is 0 Å². The molecular formula is C10H9BrN2. The normalized spacial score (nSPS) is 10.6. The average molecular weight is 237 g/mol. The largest absolute Gasteiger partial charge is 0.383 e. The number of hydrogen-bond donors (Lipinski definition) is 1. The van der Waals surface area contributed by atoms with E-state index < -0.39 is 0 Å². The third-order valence-electron chi connectivity index (χ3n) is 2.08. The zero-order valence-corrected chi connectivity index (χ0v) is 8.80. The number of aromatic nitrogens is 1. The van der Waals surface area contributed by atoms with E-state index in [4.69, 9.17) is 5.73 Å². The molecule has 0 saturated heterocycles. The highest BCUT2D eigenvalue weighted by atomic mass is 79.9. The van der Waals surface area contributed by atoms with Gasteiger partial charge in [0.05, 0.1) is 0 Å². The van der Waals surface area contributed by atoms with Gasteiger partial charge >= 0.3 is 0 Å². The topological polar surface area (TPSA) is 38.9 Å². The van der Waals surface area contributed by atoms with E-state index in [2.05, 4.69) is 33.9 Å². The molecule has 13 heavy (non-hydrogen) atoms. The smallest absolute Gasteiger partial charge is 0.131 e. The summed E-state index contributed by atoms with van der Waals surface area (Å²) < 4.78 is 1.04. The van der Waals surface area contributed by atoms with Crippen LogP contribution in [0, 0.1) is 6.92 Å². The second-order valence-electron chi connectivity index (χ2n) is 3.01. The molecule has 3 heteroatoms. The van der Waals surface area contributed by atoms with Crippen LogP contribution in [0.5, 0.6) is 0 Å². The Bertz CT molecular complexity index is 466. The number of hydrogen-bond acceptors (Lipinski definition) is 2. The average Bonchev–Trinajstić information content (AvgIpc) is 2.07. The monoisotopic (exact) mass is 236 g/mol. The van der Waals surface area contributed by atoms with E-state index in [-0.39, 0.29) is 0 Å². The first kappa shape index (κ1) is 8.51. The standard InChI is InChI=1S/C10H9BrN2/c1-6-4-7(11)5-9-8(6)2-3-13-10(9)12/h2-5H,1H3,(H2,12,13). The Labute approximate surface area is 84.9 Å². The minimum Gasteiger partial charge on any atom is -0.383 e. The molecule has 1 aromatic carbocycles. The summed E-state index contributed by atoms with van der Waals surface area (Å²) in [5.41, 5.74) is 6.97. The van der Waals surface area contributed by atoms with Gasteiger partial charge in [-0.1, -0.05) is 15.9 Å². The van der Waals surface area contributed by atoms with Gasteiger partial charge in [0, 0.05) is 16.1 Å². The van der Waals surface area contributed by atoms with Crippen LogP contribution in [0.4, 0.5) is 5.82 Å². The highest BCUT2D eigenvalue weighted by molar-refractivity contribution is 9.10. The molecular weight excluding hydrogens is 228 g/mol. The number of aryl methyl sites for hydroxylation is 1. The molecule has 0 saturated carbocycles. The van der Waals surface area contributed by atoms with E-state index in [1.807, 2.05) is 12.1 Å². The van der Waals surface area contributed by atoms with Gasteiger partial charge in [0.2, 0.25) is 0 Å². The molecule has 0 aliphatic carbocycles. The summed E-state index contributed by atoms with van der Waals surface area (Å²) in [6, 6.07) is 6.04. The van der Waals surface area contributed by atoms with Gasteiger partial charge in [-0.05, 0) is 36.1 Å². The summed E-state index contributed by atoms with van der Waals surface area (Å²) in [5, 5.41) is 2.17. The number of benzene rings is 1. The van der Waals surface area contributed by atoms with Gasteiger partial charge in [0.1, 0.15) is 5.82 Å². The summed E-state index contributed by atoms with van der Waals surface area (Å²) in [6.07, 6.45) is 1.73. The first-order valence-electron chi connectivity index (χ1n) is 3.99. The Morgan fingerprint density at radius 1 is 1.31 bits per heavy atom. The molecule has 66 valence electrons. The molecule has 2 N–H and O–H groups in total. The molecule has 2 rings (SSSR count). The fourth-order valence-corrected chi connectivity index (χ4v) is 2.02. The maximum absolute atomic E-state index is 5.76. The van der Waals surface area contributed by atoms with Gasteiger partial charge in [-0.25, -0.2) is 4.98 Å². The first-order valence-corrected chi connectivity index (χ1v) is 4.78. The molecule has 0 radical (unpaired) electrons. The van der Waals surface area contributed by atoms with Gasteiger partial charge in [-0.15, -0.1) is 0 Å². The Kier molecular flexibility index (Phi) is 1.96. The molecule has 0 amide bonds. The van der Waals surface area contributed by atoms with E-state index in [0.717, 1.165) is 15.2 Å². The Hall–Kier alpha value is -1.09. The van der Waals surface area contributed by atoms with Crippen LogP contribution in [0.15, 0.2) is 28.9 Å². The van der Waals surface area contributed by atoms with Crippen LogP contribution in [-0.2, 0) is 0 Å². The van der Waals surface area contributed by atoms with E-state index >= 15 is 0 Å². The first-order chi connectivity index (χ1) is 6.18. The van der Waals surface area contributed by atoms with Crippen molar-refractivity contribution >= 4 is 32.5 Å². The Balaban J connectivity index is 2.94. The number of rotatable bonds is 0. The SMILES string of the molecule is Cc1cc(Br)cc2c(N)nccc12. The molecule has 0 unspecified atom stereocenters. The lowest BCUT2D eigenvalue weighted by molar-refractivity contribution is 1.36. The number of pyridine rings is 1. The van der Waals surface area contributed by atoms with Crippen molar-refractivity contribution in [2.24, 2.45) is 0 Å². The molecule has 0 aliphatic rings. The summed E-state index contributed by atoms with van der Waals surface area (Å²) in [5.74, 6) is 0.585. The fourth-order valence-electron chi connectivity index (χ4n) is 1.45. The molecule has 0 spiro atoms. The summed E-state index contributed by atoms with van der Waals surface area (Å²) >= 11 is 3.43.